The third kappa shape index (κ3) is 4.86. The highest BCUT2D eigenvalue weighted by Crippen LogP contribution is 2.28. The average molecular weight is 478 g/mol. The minimum Gasteiger partial charge on any atom is -0.493 e. The van der Waals surface area contributed by atoms with Gasteiger partial charge in [-0.1, -0.05) is 40.9 Å². The molecule has 3 rings (SSSR count). The normalized spacial score (nSPS) is 15.6. The van der Waals surface area contributed by atoms with E-state index < -0.39 is 17.8 Å². The van der Waals surface area contributed by atoms with Crippen LogP contribution in [-0.2, 0) is 9.59 Å². The molecule has 2 aromatic carbocycles. The summed E-state index contributed by atoms with van der Waals surface area (Å²) in [5.74, 6) is -0.989. The smallest absolute Gasteiger partial charge is 0.335 e. The molecule has 0 spiro atoms. The Labute approximate surface area is 181 Å². The Morgan fingerprint density at radius 2 is 1.86 bits per heavy atom. The third-order valence-electron chi connectivity index (χ3n) is 4.21. The fourth-order valence-corrected chi connectivity index (χ4v) is 3.17. The van der Waals surface area contributed by atoms with Gasteiger partial charge in [0.1, 0.15) is 11.3 Å². The molecule has 1 fully saturated rings. The fourth-order valence-electron chi connectivity index (χ4n) is 2.73. The van der Waals surface area contributed by atoms with Crippen LogP contribution in [0.3, 0.4) is 0 Å². The Bertz CT molecular complexity index is 989. The summed E-state index contributed by atoms with van der Waals surface area (Å²) in [5.41, 5.74) is 0.645. The van der Waals surface area contributed by atoms with Gasteiger partial charge in [-0.25, -0.2) is 9.69 Å². The number of ether oxygens (including phenoxy) is 1. The Kier molecular flexibility index (Phi) is 6.71. The zero-order chi connectivity index (χ0) is 21.0. The standard InChI is InChI=1S/C21H18BrClN2O4/c1-2-3-10-29-18-9-6-15(23)11-13(18)12-17-19(26)24-21(28)25(20(17)27)16-7-4-14(22)5-8-16/h4-9,11-12H,2-3,10H2,1H3,(H,24,26,28)/b17-12+. The first-order chi connectivity index (χ1) is 13.9. The first kappa shape index (κ1) is 21.1. The first-order valence-electron chi connectivity index (χ1n) is 9.00. The number of barbiturate groups is 1. The van der Waals surface area contributed by atoms with E-state index >= 15 is 0 Å². The van der Waals surface area contributed by atoms with Gasteiger partial charge in [-0.3, -0.25) is 14.9 Å². The van der Waals surface area contributed by atoms with Crippen molar-refractivity contribution in [2.75, 3.05) is 11.5 Å². The second-order valence-electron chi connectivity index (χ2n) is 6.32. The topological polar surface area (TPSA) is 75.7 Å². The summed E-state index contributed by atoms with van der Waals surface area (Å²) < 4.78 is 6.56. The summed E-state index contributed by atoms with van der Waals surface area (Å²) in [6.07, 6.45) is 3.22. The lowest BCUT2D eigenvalue weighted by molar-refractivity contribution is -0.122. The number of urea groups is 1. The molecule has 1 aliphatic rings. The monoisotopic (exact) mass is 476 g/mol. The predicted molar refractivity (Wildman–Crippen MR) is 115 cm³/mol. The Morgan fingerprint density at radius 3 is 2.55 bits per heavy atom. The van der Waals surface area contributed by atoms with Crippen molar-refractivity contribution in [3.63, 3.8) is 0 Å². The van der Waals surface area contributed by atoms with Gasteiger partial charge in [0.2, 0.25) is 0 Å². The zero-order valence-corrected chi connectivity index (χ0v) is 17.9. The number of benzene rings is 2. The van der Waals surface area contributed by atoms with E-state index in [9.17, 15) is 14.4 Å². The largest absolute Gasteiger partial charge is 0.493 e. The molecule has 0 aromatic heterocycles. The molecule has 150 valence electrons. The van der Waals surface area contributed by atoms with Crippen molar-refractivity contribution in [3.8, 4) is 5.75 Å². The van der Waals surface area contributed by atoms with E-state index in [4.69, 9.17) is 16.3 Å². The van der Waals surface area contributed by atoms with Gasteiger partial charge in [0.05, 0.1) is 12.3 Å². The molecule has 0 aliphatic carbocycles. The van der Waals surface area contributed by atoms with Crippen LogP contribution in [0, 0.1) is 0 Å². The van der Waals surface area contributed by atoms with Crippen LogP contribution in [0.5, 0.6) is 5.75 Å². The number of nitrogens with zero attached hydrogens (tertiary/aromatic N) is 1. The van der Waals surface area contributed by atoms with Gasteiger partial charge in [0.15, 0.2) is 0 Å². The Hall–Kier alpha value is -2.64. The molecule has 4 amide bonds. The van der Waals surface area contributed by atoms with Crippen LogP contribution < -0.4 is 15.0 Å². The Morgan fingerprint density at radius 1 is 1.14 bits per heavy atom. The molecule has 0 bridgehead atoms. The number of amides is 4. The molecule has 0 atom stereocenters. The number of anilines is 1. The summed E-state index contributed by atoms with van der Waals surface area (Å²) in [5, 5.41) is 2.64. The molecular formula is C21H18BrClN2O4. The van der Waals surface area contributed by atoms with Crippen LogP contribution in [0.1, 0.15) is 25.3 Å². The molecule has 8 heteroatoms. The first-order valence-corrected chi connectivity index (χ1v) is 10.2. The number of hydrogen-bond acceptors (Lipinski definition) is 4. The van der Waals surface area contributed by atoms with Gasteiger partial charge in [-0.15, -0.1) is 0 Å². The van der Waals surface area contributed by atoms with Crippen molar-refractivity contribution < 1.29 is 19.1 Å². The third-order valence-corrected chi connectivity index (χ3v) is 4.98. The quantitative estimate of drug-likeness (QED) is 0.363. The molecule has 1 N–H and O–H groups in total. The summed E-state index contributed by atoms with van der Waals surface area (Å²) >= 11 is 9.40. The number of nitrogens with one attached hydrogen (secondary N) is 1. The maximum absolute atomic E-state index is 13.0. The lowest BCUT2D eigenvalue weighted by Gasteiger charge is -2.26. The van der Waals surface area contributed by atoms with Crippen LogP contribution >= 0.6 is 27.5 Å². The van der Waals surface area contributed by atoms with Crippen LogP contribution in [-0.4, -0.2) is 24.5 Å². The van der Waals surface area contributed by atoms with Gasteiger partial charge in [-0.2, -0.15) is 0 Å². The summed E-state index contributed by atoms with van der Waals surface area (Å²) in [4.78, 5) is 38.6. The highest BCUT2D eigenvalue weighted by Gasteiger charge is 2.37. The molecule has 1 saturated heterocycles. The molecule has 1 aliphatic heterocycles. The number of unbranched alkanes of at least 4 members (excludes halogenated alkanes) is 1. The van der Waals surface area contributed by atoms with E-state index in [2.05, 4.69) is 21.2 Å². The van der Waals surface area contributed by atoms with Crippen molar-refractivity contribution in [2.45, 2.75) is 19.8 Å². The van der Waals surface area contributed by atoms with Crippen molar-refractivity contribution in [2.24, 2.45) is 0 Å². The van der Waals surface area contributed by atoms with E-state index in [0.29, 0.717) is 28.6 Å². The molecule has 0 saturated carbocycles. The second-order valence-corrected chi connectivity index (χ2v) is 7.67. The van der Waals surface area contributed by atoms with Crippen LogP contribution in [0.25, 0.3) is 6.08 Å². The van der Waals surface area contributed by atoms with Gasteiger partial charge in [0, 0.05) is 15.1 Å². The number of halogens is 2. The zero-order valence-electron chi connectivity index (χ0n) is 15.6. The van der Waals surface area contributed by atoms with Crippen molar-refractivity contribution >= 4 is 57.1 Å². The number of imide groups is 2. The lowest BCUT2D eigenvalue weighted by Crippen LogP contribution is -2.54. The Balaban J connectivity index is 1.98. The van der Waals surface area contributed by atoms with E-state index in [1.807, 2.05) is 6.92 Å². The van der Waals surface area contributed by atoms with Gasteiger partial charge in [-0.05, 0) is 55.0 Å². The van der Waals surface area contributed by atoms with E-state index in [0.717, 1.165) is 22.2 Å². The molecule has 2 aromatic rings. The maximum atomic E-state index is 13.0. The number of carbonyl (C=O) groups is 3. The van der Waals surface area contributed by atoms with Crippen LogP contribution in [0.2, 0.25) is 5.02 Å². The predicted octanol–water partition coefficient (Wildman–Crippen LogP) is 4.95. The average Bonchev–Trinajstić information content (AvgIpc) is 2.68. The van der Waals surface area contributed by atoms with Crippen LogP contribution in [0.4, 0.5) is 10.5 Å². The number of carbonyl (C=O) groups excluding carboxylic acids is 3. The van der Waals surface area contributed by atoms with Crippen molar-refractivity contribution in [3.05, 3.63) is 63.1 Å². The molecular weight excluding hydrogens is 460 g/mol. The number of hydrogen-bond donors (Lipinski definition) is 1. The number of rotatable bonds is 6. The minimum absolute atomic E-state index is 0.185. The minimum atomic E-state index is -0.801. The van der Waals surface area contributed by atoms with Gasteiger partial charge in [0.25, 0.3) is 11.8 Å². The van der Waals surface area contributed by atoms with Crippen molar-refractivity contribution in [1.82, 2.24) is 5.32 Å². The van der Waals surface area contributed by atoms with Crippen molar-refractivity contribution in [1.29, 1.82) is 0 Å². The van der Waals surface area contributed by atoms with E-state index in [-0.39, 0.29) is 5.57 Å². The lowest BCUT2D eigenvalue weighted by atomic mass is 10.1. The highest BCUT2D eigenvalue weighted by molar-refractivity contribution is 9.10. The van der Waals surface area contributed by atoms with Crippen LogP contribution in [0.15, 0.2) is 52.5 Å². The second kappa shape index (κ2) is 9.24. The fraction of sp³-hybridized carbons (Fsp3) is 0.190. The molecule has 0 radical (unpaired) electrons. The van der Waals surface area contributed by atoms with Gasteiger partial charge < -0.3 is 4.74 Å². The molecule has 29 heavy (non-hydrogen) atoms. The molecule has 1 heterocycles. The molecule has 0 unspecified atom stereocenters. The SMILES string of the molecule is CCCCOc1ccc(Cl)cc1/C=C1\C(=O)NC(=O)N(c2ccc(Br)cc2)C1=O. The highest BCUT2D eigenvalue weighted by atomic mass is 79.9. The summed E-state index contributed by atoms with van der Waals surface area (Å²) in [6.45, 7) is 2.55. The summed E-state index contributed by atoms with van der Waals surface area (Å²) in [6, 6.07) is 10.8. The van der Waals surface area contributed by atoms with Gasteiger partial charge >= 0.3 is 6.03 Å². The maximum Gasteiger partial charge on any atom is 0.335 e. The van der Waals surface area contributed by atoms with E-state index in [1.165, 1.54) is 6.08 Å². The molecule has 6 nitrogen and oxygen atoms in total. The van der Waals surface area contributed by atoms with E-state index in [1.54, 1.807) is 42.5 Å². The summed E-state index contributed by atoms with van der Waals surface area (Å²) in [7, 11) is 0.